The Labute approximate surface area is 142 Å². The number of hydrogen-bond donors (Lipinski definition) is 2. The molecule has 0 aliphatic heterocycles. The van der Waals surface area contributed by atoms with Crippen molar-refractivity contribution >= 4 is 30.7 Å². The lowest BCUT2D eigenvalue weighted by molar-refractivity contribution is -0.121. The first-order valence-electron chi connectivity index (χ1n) is 6.60. The van der Waals surface area contributed by atoms with Crippen LogP contribution < -0.4 is 10.6 Å². The average molecular weight is 346 g/mol. The van der Waals surface area contributed by atoms with Gasteiger partial charge >= 0.3 is 0 Å². The molecule has 0 unspecified atom stereocenters. The highest BCUT2D eigenvalue weighted by Gasteiger charge is 2.05. The van der Waals surface area contributed by atoms with E-state index in [9.17, 15) is 4.79 Å². The Bertz CT molecular complexity index is 548. The molecular weight excluding hydrogens is 325 g/mol. The molecule has 0 aliphatic rings. The minimum absolute atomic E-state index is 0. The van der Waals surface area contributed by atoms with Gasteiger partial charge in [-0.15, -0.1) is 24.8 Å². The zero-order chi connectivity index (χ0) is 14.2. The van der Waals surface area contributed by atoms with Crippen LogP contribution in [0.3, 0.4) is 0 Å². The Hall–Kier alpha value is -1.63. The molecule has 0 spiro atoms. The fourth-order valence-electron chi connectivity index (χ4n) is 1.89. The van der Waals surface area contributed by atoms with Gasteiger partial charge in [0.2, 0.25) is 5.91 Å². The number of carbonyl (C=O) groups is 1. The predicted octanol–water partition coefficient (Wildman–Crippen LogP) is 1.40. The topological polar surface area (TPSA) is 71.8 Å². The lowest BCUT2D eigenvalue weighted by Gasteiger charge is -2.10. The van der Waals surface area contributed by atoms with Crippen LogP contribution in [0.15, 0.2) is 36.9 Å². The van der Waals surface area contributed by atoms with E-state index in [1.807, 2.05) is 31.3 Å². The molecule has 2 aromatic rings. The summed E-state index contributed by atoms with van der Waals surface area (Å²) < 4.78 is 1.77. The van der Waals surface area contributed by atoms with Crippen LogP contribution in [0.4, 0.5) is 0 Å². The van der Waals surface area contributed by atoms with Crippen molar-refractivity contribution in [2.75, 3.05) is 13.6 Å². The SMILES string of the molecule is CNCCC(=O)NCc1ccccc1Cn1cncn1.Cl.Cl. The van der Waals surface area contributed by atoms with E-state index in [-0.39, 0.29) is 30.7 Å². The maximum absolute atomic E-state index is 11.6. The number of nitrogens with zero attached hydrogens (tertiary/aromatic N) is 3. The van der Waals surface area contributed by atoms with Gasteiger partial charge in [0, 0.05) is 19.5 Å². The Morgan fingerprint density at radius 3 is 2.59 bits per heavy atom. The number of halogens is 2. The van der Waals surface area contributed by atoms with Gasteiger partial charge in [-0.2, -0.15) is 5.10 Å². The smallest absolute Gasteiger partial charge is 0.221 e. The molecule has 1 heterocycles. The van der Waals surface area contributed by atoms with E-state index in [1.165, 1.54) is 6.33 Å². The zero-order valence-electron chi connectivity index (χ0n) is 12.4. The molecule has 1 aromatic heterocycles. The summed E-state index contributed by atoms with van der Waals surface area (Å²) in [7, 11) is 1.83. The fraction of sp³-hybridized carbons (Fsp3) is 0.357. The maximum Gasteiger partial charge on any atom is 0.221 e. The molecule has 2 N–H and O–H groups in total. The summed E-state index contributed by atoms with van der Waals surface area (Å²) in [6.07, 6.45) is 3.69. The molecule has 0 aliphatic carbocycles. The van der Waals surface area contributed by atoms with Gasteiger partial charge in [-0.1, -0.05) is 24.3 Å². The third-order valence-corrected chi connectivity index (χ3v) is 3.00. The van der Waals surface area contributed by atoms with Gasteiger partial charge in [0.15, 0.2) is 0 Å². The first-order valence-corrected chi connectivity index (χ1v) is 6.60. The van der Waals surface area contributed by atoms with Gasteiger partial charge in [0.05, 0.1) is 6.54 Å². The van der Waals surface area contributed by atoms with Crippen LogP contribution in [0.2, 0.25) is 0 Å². The first-order chi connectivity index (χ1) is 9.79. The Morgan fingerprint density at radius 2 is 1.95 bits per heavy atom. The maximum atomic E-state index is 11.6. The molecule has 1 amide bonds. The van der Waals surface area contributed by atoms with Crippen LogP contribution in [0.1, 0.15) is 17.5 Å². The van der Waals surface area contributed by atoms with Crippen molar-refractivity contribution in [2.45, 2.75) is 19.5 Å². The second-order valence-electron chi connectivity index (χ2n) is 4.49. The van der Waals surface area contributed by atoms with Crippen LogP contribution >= 0.6 is 24.8 Å². The molecule has 0 atom stereocenters. The lowest BCUT2D eigenvalue weighted by atomic mass is 10.1. The molecule has 0 fully saturated rings. The number of aromatic nitrogens is 3. The fourth-order valence-corrected chi connectivity index (χ4v) is 1.89. The first kappa shape index (κ1) is 20.4. The zero-order valence-corrected chi connectivity index (χ0v) is 14.0. The van der Waals surface area contributed by atoms with Crippen LogP contribution in [-0.2, 0) is 17.9 Å². The molecule has 1 aromatic carbocycles. The third-order valence-electron chi connectivity index (χ3n) is 3.00. The van der Waals surface area contributed by atoms with E-state index in [2.05, 4.69) is 20.7 Å². The van der Waals surface area contributed by atoms with Crippen LogP contribution in [0.25, 0.3) is 0 Å². The molecule has 0 radical (unpaired) electrons. The van der Waals surface area contributed by atoms with Crippen molar-refractivity contribution in [1.82, 2.24) is 25.4 Å². The monoisotopic (exact) mass is 345 g/mol. The van der Waals surface area contributed by atoms with Crippen LogP contribution in [-0.4, -0.2) is 34.3 Å². The summed E-state index contributed by atoms with van der Waals surface area (Å²) in [5.74, 6) is 0.0508. The molecule has 8 heteroatoms. The van der Waals surface area contributed by atoms with Crippen molar-refractivity contribution in [3.8, 4) is 0 Å². The Morgan fingerprint density at radius 1 is 1.23 bits per heavy atom. The largest absolute Gasteiger partial charge is 0.352 e. The molecule has 6 nitrogen and oxygen atoms in total. The van der Waals surface area contributed by atoms with E-state index in [4.69, 9.17) is 0 Å². The average Bonchev–Trinajstić information content (AvgIpc) is 2.97. The third kappa shape index (κ3) is 6.43. The van der Waals surface area contributed by atoms with Crippen LogP contribution in [0.5, 0.6) is 0 Å². The summed E-state index contributed by atoms with van der Waals surface area (Å²) in [5.41, 5.74) is 2.23. The Kier molecular flexibility index (Phi) is 10.2. The second kappa shape index (κ2) is 11.0. The molecule has 0 saturated carbocycles. The van der Waals surface area contributed by atoms with Crippen molar-refractivity contribution in [2.24, 2.45) is 0 Å². The van der Waals surface area contributed by atoms with Crippen molar-refractivity contribution in [1.29, 1.82) is 0 Å². The van der Waals surface area contributed by atoms with Gasteiger partial charge in [-0.3, -0.25) is 4.79 Å². The van der Waals surface area contributed by atoms with E-state index in [1.54, 1.807) is 11.0 Å². The normalized spacial score (nSPS) is 9.50. The summed E-state index contributed by atoms with van der Waals surface area (Å²) in [6.45, 7) is 1.88. The van der Waals surface area contributed by atoms with E-state index >= 15 is 0 Å². The van der Waals surface area contributed by atoms with E-state index in [0.29, 0.717) is 26.1 Å². The van der Waals surface area contributed by atoms with Gasteiger partial charge in [-0.05, 0) is 18.2 Å². The number of amides is 1. The summed E-state index contributed by atoms with van der Waals surface area (Å²) in [6, 6.07) is 8.01. The van der Waals surface area contributed by atoms with E-state index < -0.39 is 0 Å². The summed E-state index contributed by atoms with van der Waals surface area (Å²) in [4.78, 5) is 15.6. The molecule has 122 valence electrons. The minimum Gasteiger partial charge on any atom is -0.352 e. The van der Waals surface area contributed by atoms with Gasteiger partial charge < -0.3 is 10.6 Å². The number of nitrogens with one attached hydrogen (secondary N) is 2. The van der Waals surface area contributed by atoms with E-state index in [0.717, 1.165) is 11.1 Å². The standard InChI is InChI=1S/C14H19N5O.2ClH/c1-15-7-6-14(20)17-8-12-4-2-3-5-13(12)9-19-11-16-10-18-19;;/h2-5,10-11,15H,6-9H2,1H3,(H,17,20);2*1H. The molecule has 2 rings (SSSR count). The molecule has 0 bridgehead atoms. The van der Waals surface area contributed by atoms with Gasteiger partial charge in [-0.25, -0.2) is 9.67 Å². The van der Waals surface area contributed by atoms with Crippen molar-refractivity contribution in [3.63, 3.8) is 0 Å². The molecule has 0 saturated heterocycles. The quantitative estimate of drug-likeness (QED) is 0.795. The highest BCUT2D eigenvalue weighted by atomic mass is 35.5. The number of rotatable bonds is 7. The lowest BCUT2D eigenvalue weighted by Crippen LogP contribution is -2.26. The minimum atomic E-state index is 0. The predicted molar refractivity (Wildman–Crippen MR) is 90.5 cm³/mol. The molecular formula is C14H21Cl2N5O. The van der Waals surface area contributed by atoms with Crippen LogP contribution in [0, 0.1) is 0 Å². The highest BCUT2D eigenvalue weighted by molar-refractivity contribution is 5.85. The van der Waals surface area contributed by atoms with Gasteiger partial charge in [0.25, 0.3) is 0 Å². The Balaban J connectivity index is 0.00000220. The summed E-state index contributed by atoms with van der Waals surface area (Å²) in [5, 5.41) is 9.99. The van der Waals surface area contributed by atoms with Gasteiger partial charge in [0.1, 0.15) is 12.7 Å². The number of carbonyl (C=O) groups excluding carboxylic acids is 1. The highest BCUT2D eigenvalue weighted by Crippen LogP contribution is 2.10. The van der Waals surface area contributed by atoms with Crippen molar-refractivity contribution < 1.29 is 4.79 Å². The summed E-state index contributed by atoms with van der Waals surface area (Å²) >= 11 is 0. The molecule has 22 heavy (non-hydrogen) atoms. The number of hydrogen-bond acceptors (Lipinski definition) is 4. The van der Waals surface area contributed by atoms with Crippen molar-refractivity contribution in [3.05, 3.63) is 48.0 Å². The second-order valence-corrected chi connectivity index (χ2v) is 4.49. The number of benzene rings is 1.